The van der Waals surface area contributed by atoms with Crippen molar-refractivity contribution < 1.29 is 9.53 Å². The molecule has 1 heterocycles. The number of rotatable bonds is 1. The number of aryl methyl sites for hydroxylation is 1. The van der Waals surface area contributed by atoms with E-state index in [1.807, 2.05) is 13.2 Å². The third-order valence-electron chi connectivity index (χ3n) is 2.11. The monoisotopic (exact) mass is 268 g/mol. The molecule has 0 bridgehead atoms. The second-order valence-corrected chi connectivity index (χ2v) is 4.04. The Morgan fingerprint density at radius 1 is 1.53 bits per heavy atom. The molecular formula is C10H9BrN2O2. The zero-order valence-corrected chi connectivity index (χ0v) is 9.91. The van der Waals surface area contributed by atoms with Crippen molar-refractivity contribution in [3.63, 3.8) is 0 Å². The number of hydrogen-bond acceptors (Lipinski definition) is 3. The number of carbonyl (C=O) groups excluding carboxylic acids is 1. The van der Waals surface area contributed by atoms with Crippen molar-refractivity contribution in [1.82, 2.24) is 9.78 Å². The van der Waals surface area contributed by atoms with Crippen LogP contribution in [0, 0.1) is 0 Å². The number of hydrogen-bond donors (Lipinski definition) is 0. The highest BCUT2D eigenvalue weighted by atomic mass is 79.9. The number of carbonyl (C=O) groups is 1. The molecule has 1 aromatic carbocycles. The van der Waals surface area contributed by atoms with E-state index in [0.717, 1.165) is 15.4 Å². The summed E-state index contributed by atoms with van der Waals surface area (Å²) in [5.74, 6) is -0.358. The van der Waals surface area contributed by atoms with E-state index in [-0.39, 0.29) is 5.97 Å². The second-order valence-electron chi connectivity index (χ2n) is 3.19. The smallest absolute Gasteiger partial charge is 0.337 e. The Hall–Kier alpha value is -1.36. The third kappa shape index (κ3) is 1.74. The molecule has 0 amide bonds. The van der Waals surface area contributed by atoms with Gasteiger partial charge in [0.2, 0.25) is 0 Å². The molecule has 4 nitrogen and oxygen atoms in total. The van der Waals surface area contributed by atoms with Crippen LogP contribution in [0.4, 0.5) is 0 Å². The van der Waals surface area contributed by atoms with Gasteiger partial charge < -0.3 is 4.74 Å². The maximum absolute atomic E-state index is 11.3. The van der Waals surface area contributed by atoms with E-state index in [1.54, 1.807) is 16.8 Å². The fourth-order valence-corrected chi connectivity index (χ4v) is 1.99. The summed E-state index contributed by atoms with van der Waals surface area (Å²) < 4.78 is 7.20. The van der Waals surface area contributed by atoms with Crippen LogP contribution >= 0.6 is 15.9 Å². The van der Waals surface area contributed by atoms with Gasteiger partial charge in [0.1, 0.15) is 0 Å². The Morgan fingerprint density at radius 3 is 2.93 bits per heavy atom. The first-order valence-corrected chi connectivity index (χ1v) is 5.12. The number of nitrogens with zero attached hydrogens (tertiary/aromatic N) is 2. The topological polar surface area (TPSA) is 44.1 Å². The van der Waals surface area contributed by atoms with Gasteiger partial charge in [-0.1, -0.05) is 15.9 Å². The lowest BCUT2D eigenvalue weighted by molar-refractivity contribution is 0.0601. The molecule has 0 saturated heterocycles. The molecule has 2 aromatic rings. The molecule has 0 spiro atoms. The van der Waals surface area contributed by atoms with E-state index in [1.165, 1.54) is 7.11 Å². The summed E-state index contributed by atoms with van der Waals surface area (Å²) in [5, 5.41) is 5.21. The van der Waals surface area contributed by atoms with Gasteiger partial charge in [-0.3, -0.25) is 4.68 Å². The molecule has 0 N–H and O–H groups in total. The van der Waals surface area contributed by atoms with Gasteiger partial charge in [0.15, 0.2) is 0 Å². The van der Waals surface area contributed by atoms with E-state index in [4.69, 9.17) is 0 Å². The fraction of sp³-hybridized carbons (Fsp3) is 0.200. The van der Waals surface area contributed by atoms with Crippen molar-refractivity contribution in [2.75, 3.05) is 7.11 Å². The van der Waals surface area contributed by atoms with Gasteiger partial charge >= 0.3 is 5.97 Å². The molecule has 0 saturated carbocycles. The molecule has 0 aliphatic rings. The first kappa shape index (κ1) is 10.2. The average Bonchev–Trinajstić information content (AvgIpc) is 2.58. The van der Waals surface area contributed by atoms with Crippen molar-refractivity contribution in [2.24, 2.45) is 7.05 Å². The zero-order valence-electron chi connectivity index (χ0n) is 8.32. The van der Waals surface area contributed by atoms with Gasteiger partial charge in [0.25, 0.3) is 0 Å². The van der Waals surface area contributed by atoms with Crippen LogP contribution in [0.1, 0.15) is 10.4 Å². The lowest BCUT2D eigenvalue weighted by Gasteiger charge is -2.00. The molecule has 0 aliphatic carbocycles. The molecule has 2 rings (SSSR count). The maximum Gasteiger partial charge on any atom is 0.337 e. The third-order valence-corrected chi connectivity index (χ3v) is 2.77. The molecule has 0 unspecified atom stereocenters. The summed E-state index contributed by atoms with van der Waals surface area (Å²) in [6, 6.07) is 3.45. The van der Waals surface area contributed by atoms with Crippen LogP contribution in [-0.4, -0.2) is 22.9 Å². The summed E-state index contributed by atoms with van der Waals surface area (Å²) in [4.78, 5) is 11.3. The Bertz CT molecular complexity index is 533. The largest absolute Gasteiger partial charge is 0.465 e. The van der Waals surface area contributed by atoms with Gasteiger partial charge in [-0.2, -0.15) is 5.10 Å². The molecule has 0 atom stereocenters. The molecule has 5 heteroatoms. The van der Waals surface area contributed by atoms with Crippen molar-refractivity contribution >= 4 is 32.8 Å². The Morgan fingerprint density at radius 2 is 2.27 bits per heavy atom. The molecule has 0 radical (unpaired) electrons. The van der Waals surface area contributed by atoms with Crippen LogP contribution in [0.2, 0.25) is 0 Å². The van der Waals surface area contributed by atoms with Gasteiger partial charge in [0.05, 0.1) is 18.2 Å². The van der Waals surface area contributed by atoms with E-state index < -0.39 is 0 Å². The van der Waals surface area contributed by atoms with Gasteiger partial charge in [-0.05, 0) is 12.1 Å². The van der Waals surface area contributed by atoms with E-state index in [2.05, 4.69) is 25.8 Å². The number of ether oxygens (including phenoxy) is 1. The molecular weight excluding hydrogens is 260 g/mol. The number of benzene rings is 1. The van der Waals surface area contributed by atoms with Crippen molar-refractivity contribution in [3.8, 4) is 0 Å². The van der Waals surface area contributed by atoms with Crippen molar-refractivity contribution in [3.05, 3.63) is 28.4 Å². The molecule has 0 fully saturated rings. The van der Waals surface area contributed by atoms with Gasteiger partial charge in [-0.15, -0.1) is 0 Å². The summed E-state index contributed by atoms with van der Waals surface area (Å²) in [6.45, 7) is 0. The second kappa shape index (κ2) is 3.66. The van der Waals surface area contributed by atoms with E-state index >= 15 is 0 Å². The highest BCUT2D eigenvalue weighted by molar-refractivity contribution is 9.10. The number of fused-ring (bicyclic) bond motifs is 1. The van der Waals surface area contributed by atoms with Crippen LogP contribution in [-0.2, 0) is 11.8 Å². The maximum atomic E-state index is 11.3. The lowest BCUT2D eigenvalue weighted by Crippen LogP contribution is -2.00. The minimum absolute atomic E-state index is 0.358. The number of halogens is 1. The number of esters is 1. The van der Waals surface area contributed by atoms with Crippen molar-refractivity contribution in [1.29, 1.82) is 0 Å². The molecule has 1 aromatic heterocycles. The van der Waals surface area contributed by atoms with Crippen LogP contribution in [0.5, 0.6) is 0 Å². The minimum atomic E-state index is -0.358. The van der Waals surface area contributed by atoms with Crippen LogP contribution < -0.4 is 0 Å². The molecule has 15 heavy (non-hydrogen) atoms. The first-order valence-electron chi connectivity index (χ1n) is 4.33. The van der Waals surface area contributed by atoms with Crippen LogP contribution in [0.15, 0.2) is 22.8 Å². The number of aromatic nitrogens is 2. The summed E-state index contributed by atoms with van der Waals surface area (Å²) in [5.41, 5.74) is 1.27. The van der Waals surface area contributed by atoms with E-state index in [0.29, 0.717) is 5.56 Å². The van der Waals surface area contributed by atoms with Gasteiger partial charge in [-0.25, -0.2) is 4.79 Å². The Labute approximate surface area is 95.0 Å². The normalized spacial score (nSPS) is 10.6. The van der Waals surface area contributed by atoms with Crippen LogP contribution in [0.3, 0.4) is 0 Å². The fourth-order valence-electron chi connectivity index (χ4n) is 1.44. The molecule has 0 aliphatic heterocycles. The highest BCUT2D eigenvalue weighted by Crippen LogP contribution is 2.25. The van der Waals surface area contributed by atoms with Crippen molar-refractivity contribution in [2.45, 2.75) is 0 Å². The number of methoxy groups -OCH3 is 1. The summed E-state index contributed by atoms with van der Waals surface area (Å²) in [6.07, 6.45) is 1.89. The lowest BCUT2D eigenvalue weighted by atomic mass is 10.2. The summed E-state index contributed by atoms with van der Waals surface area (Å²) in [7, 11) is 3.20. The van der Waals surface area contributed by atoms with Crippen LogP contribution in [0.25, 0.3) is 10.9 Å². The standard InChI is InChI=1S/C10H9BrN2O2/c1-13-5-7-8(11)3-6(10(14)15-2)4-9(7)12-13/h3-5H,1-2H3. The average molecular weight is 269 g/mol. The molecule has 78 valence electrons. The summed E-state index contributed by atoms with van der Waals surface area (Å²) >= 11 is 3.40. The van der Waals surface area contributed by atoms with E-state index in [9.17, 15) is 4.79 Å². The quantitative estimate of drug-likeness (QED) is 0.745. The predicted octanol–water partition coefficient (Wildman–Crippen LogP) is 2.12. The highest BCUT2D eigenvalue weighted by Gasteiger charge is 2.11. The minimum Gasteiger partial charge on any atom is -0.465 e. The Kier molecular flexibility index (Phi) is 2.48. The zero-order chi connectivity index (χ0) is 11.0. The predicted molar refractivity (Wildman–Crippen MR) is 59.8 cm³/mol. The van der Waals surface area contributed by atoms with Gasteiger partial charge in [0, 0.05) is 23.1 Å². The first-order chi connectivity index (χ1) is 7.11. The Balaban J connectivity index is 2.66. The SMILES string of the molecule is COC(=O)c1cc(Br)c2cn(C)nc2c1.